The van der Waals surface area contributed by atoms with Crippen molar-refractivity contribution in [1.82, 2.24) is 9.55 Å². The van der Waals surface area contributed by atoms with Crippen molar-refractivity contribution in [3.63, 3.8) is 0 Å². The highest BCUT2D eigenvalue weighted by molar-refractivity contribution is 5.80. The molecule has 0 aromatic carbocycles. The lowest BCUT2D eigenvalue weighted by Crippen LogP contribution is -2.28. The van der Waals surface area contributed by atoms with Crippen LogP contribution < -0.4 is 11.2 Å². The molecular weight excluding hydrogens is 194 g/mol. The second-order valence-corrected chi connectivity index (χ2v) is 3.36. The van der Waals surface area contributed by atoms with E-state index in [1.54, 1.807) is 0 Å². The molecule has 0 saturated heterocycles. The van der Waals surface area contributed by atoms with Gasteiger partial charge in [0.2, 0.25) is 0 Å². The summed E-state index contributed by atoms with van der Waals surface area (Å²) in [6.45, 7) is 2.48. The zero-order valence-electron chi connectivity index (χ0n) is 8.75. The van der Waals surface area contributed by atoms with Crippen molar-refractivity contribution in [2.75, 3.05) is 0 Å². The normalized spacial score (nSPS) is 10.2. The third-order valence-electron chi connectivity index (χ3n) is 2.20. The second kappa shape index (κ2) is 5.29. The van der Waals surface area contributed by atoms with Crippen molar-refractivity contribution in [1.29, 1.82) is 5.41 Å². The number of rotatable bonds is 5. The van der Waals surface area contributed by atoms with Crippen molar-refractivity contribution >= 4 is 5.71 Å². The van der Waals surface area contributed by atoms with Gasteiger partial charge in [-0.2, -0.15) is 0 Å². The monoisotopic (exact) mass is 209 g/mol. The largest absolute Gasteiger partial charge is 0.328 e. The van der Waals surface area contributed by atoms with E-state index in [0.717, 1.165) is 12.8 Å². The zero-order valence-corrected chi connectivity index (χ0v) is 8.75. The summed E-state index contributed by atoms with van der Waals surface area (Å²) in [5, 5.41) is 7.45. The molecule has 0 fully saturated rings. The molecule has 1 aromatic heterocycles. The molecule has 15 heavy (non-hydrogen) atoms. The number of nitrogens with zero attached hydrogens (tertiary/aromatic N) is 1. The zero-order chi connectivity index (χ0) is 11.3. The van der Waals surface area contributed by atoms with Crippen LogP contribution in [0.1, 0.15) is 26.2 Å². The Morgan fingerprint density at radius 2 is 2.27 bits per heavy atom. The summed E-state index contributed by atoms with van der Waals surface area (Å²) in [6.07, 6.45) is 3.68. The van der Waals surface area contributed by atoms with Crippen molar-refractivity contribution in [3.8, 4) is 0 Å². The van der Waals surface area contributed by atoms with Gasteiger partial charge in [0, 0.05) is 24.5 Å². The lowest BCUT2D eigenvalue weighted by molar-refractivity contribution is 0.614. The number of hydrogen-bond acceptors (Lipinski definition) is 3. The average molecular weight is 209 g/mol. The highest BCUT2D eigenvalue weighted by Gasteiger charge is 1.97. The molecule has 2 N–H and O–H groups in total. The molecule has 0 unspecified atom stereocenters. The highest BCUT2D eigenvalue weighted by Crippen LogP contribution is 1.96. The SMILES string of the molecule is CCC(=N)CCCn1ccc(=O)[nH]c1=O. The third-order valence-corrected chi connectivity index (χ3v) is 2.20. The molecule has 0 radical (unpaired) electrons. The van der Waals surface area contributed by atoms with Crippen LogP contribution in [0.5, 0.6) is 0 Å². The smallest absolute Gasteiger partial charge is 0.310 e. The molecule has 82 valence electrons. The van der Waals surface area contributed by atoms with Gasteiger partial charge >= 0.3 is 5.69 Å². The van der Waals surface area contributed by atoms with Crippen LogP contribution in [0, 0.1) is 5.41 Å². The van der Waals surface area contributed by atoms with Crippen LogP contribution in [0.2, 0.25) is 0 Å². The molecule has 5 heteroatoms. The standard InChI is InChI=1S/C10H15N3O2/c1-2-8(11)4-3-6-13-7-5-9(14)12-10(13)15/h5,7,11H,2-4,6H2,1H3,(H,12,14,15). The summed E-state index contributed by atoms with van der Waals surface area (Å²) in [5.74, 6) is 0. The van der Waals surface area contributed by atoms with Crippen LogP contribution in [0.3, 0.4) is 0 Å². The van der Waals surface area contributed by atoms with Crippen LogP contribution in [0.4, 0.5) is 0 Å². The summed E-state index contributed by atoms with van der Waals surface area (Å²) >= 11 is 0. The van der Waals surface area contributed by atoms with E-state index in [-0.39, 0.29) is 11.2 Å². The molecule has 0 saturated carbocycles. The Bertz CT molecular complexity index is 444. The van der Waals surface area contributed by atoms with Gasteiger partial charge in [-0.25, -0.2) is 4.79 Å². The molecule has 0 spiro atoms. The fourth-order valence-electron chi connectivity index (χ4n) is 1.26. The maximum Gasteiger partial charge on any atom is 0.328 e. The molecule has 0 bridgehead atoms. The first-order chi connectivity index (χ1) is 7.13. The lowest BCUT2D eigenvalue weighted by Gasteiger charge is -2.04. The molecule has 0 aliphatic carbocycles. The van der Waals surface area contributed by atoms with Gasteiger partial charge in [-0.05, 0) is 19.3 Å². The first-order valence-corrected chi connectivity index (χ1v) is 4.99. The van der Waals surface area contributed by atoms with E-state index < -0.39 is 0 Å². The number of aromatic amines is 1. The minimum absolute atomic E-state index is 0.377. The van der Waals surface area contributed by atoms with Gasteiger partial charge < -0.3 is 9.98 Å². The summed E-state index contributed by atoms with van der Waals surface area (Å²) in [4.78, 5) is 24.2. The van der Waals surface area contributed by atoms with E-state index in [4.69, 9.17) is 5.41 Å². The fraction of sp³-hybridized carbons (Fsp3) is 0.500. The van der Waals surface area contributed by atoms with Crippen molar-refractivity contribution in [3.05, 3.63) is 33.1 Å². The predicted octanol–water partition coefficient (Wildman–Crippen LogP) is 0.747. The van der Waals surface area contributed by atoms with Crippen molar-refractivity contribution in [2.24, 2.45) is 0 Å². The van der Waals surface area contributed by atoms with E-state index in [0.29, 0.717) is 18.7 Å². The number of hydrogen-bond donors (Lipinski definition) is 2. The van der Waals surface area contributed by atoms with Crippen molar-refractivity contribution < 1.29 is 0 Å². The van der Waals surface area contributed by atoms with Crippen LogP contribution in [-0.2, 0) is 6.54 Å². The molecule has 1 rings (SSSR count). The van der Waals surface area contributed by atoms with Gasteiger partial charge in [0.05, 0.1) is 0 Å². The minimum atomic E-state index is -0.384. The topological polar surface area (TPSA) is 78.7 Å². The summed E-state index contributed by atoms with van der Waals surface area (Å²) < 4.78 is 1.45. The molecule has 5 nitrogen and oxygen atoms in total. The minimum Gasteiger partial charge on any atom is -0.310 e. The molecule has 1 heterocycles. The van der Waals surface area contributed by atoms with E-state index in [9.17, 15) is 9.59 Å². The van der Waals surface area contributed by atoms with E-state index in [1.165, 1.54) is 16.8 Å². The Balaban J connectivity index is 2.55. The van der Waals surface area contributed by atoms with Gasteiger partial charge in [0.1, 0.15) is 0 Å². The lowest BCUT2D eigenvalue weighted by atomic mass is 10.2. The first kappa shape index (κ1) is 11.4. The molecular formula is C10H15N3O2. The Morgan fingerprint density at radius 1 is 1.53 bits per heavy atom. The van der Waals surface area contributed by atoms with Gasteiger partial charge in [0.25, 0.3) is 5.56 Å². The van der Waals surface area contributed by atoms with E-state index in [1.807, 2.05) is 6.92 Å². The number of aromatic nitrogens is 2. The average Bonchev–Trinajstić information content (AvgIpc) is 2.21. The molecule has 0 atom stereocenters. The second-order valence-electron chi connectivity index (χ2n) is 3.36. The van der Waals surface area contributed by atoms with Crippen LogP contribution in [-0.4, -0.2) is 15.3 Å². The van der Waals surface area contributed by atoms with Crippen LogP contribution >= 0.6 is 0 Å². The molecule has 0 aliphatic heterocycles. The highest BCUT2D eigenvalue weighted by atomic mass is 16.2. The van der Waals surface area contributed by atoms with Crippen LogP contribution in [0.25, 0.3) is 0 Å². The summed E-state index contributed by atoms with van der Waals surface area (Å²) in [6, 6.07) is 1.33. The Labute approximate surface area is 87.3 Å². The fourth-order valence-corrected chi connectivity index (χ4v) is 1.26. The number of H-pyrrole nitrogens is 1. The van der Waals surface area contributed by atoms with Crippen molar-refractivity contribution in [2.45, 2.75) is 32.7 Å². The van der Waals surface area contributed by atoms with Gasteiger partial charge in [-0.3, -0.25) is 9.78 Å². The number of nitrogens with one attached hydrogen (secondary N) is 2. The third kappa shape index (κ3) is 3.53. The molecule has 1 aromatic rings. The number of aryl methyl sites for hydroxylation is 1. The first-order valence-electron chi connectivity index (χ1n) is 4.99. The Hall–Kier alpha value is -1.65. The predicted molar refractivity (Wildman–Crippen MR) is 58.6 cm³/mol. The molecule has 0 amide bonds. The molecule has 0 aliphatic rings. The van der Waals surface area contributed by atoms with Gasteiger partial charge in [-0.15, -0.1) is 0 Å². The van der Waals surface area contributed by atoms with Gasteiger partial charge in [0.15, 0.2) is 0 Å². The van der Waals surface area contributed by atoms with E-state index in [2.05, 4.69) is 4.98 Å². The summed E-state index contributed by atoms with van der Waals surface area (Å²) in [5.41, 5.74) is -0.0736. The van der Waals surface area contributed by atoms with E-state index >= 15 is 0 Å². The maximum absolute atomic E-state index is 11.2. The maximum atomic E-state index is 11.2. The summed E-state index contributed by atoms with van der Waals surface area (Å²) in [7, 11) is 0. The van der Waals surface area contributed by atoms with Gasteiger partial charge in [-0.1, -0.05) is 6.92 Å². The quantitative estimate of drug-likeness (QED) is 0.702. The van der Waals surface area contributed by atoms with Crippen LogP contribution in [0.15, 0.2) is 21.9 Å². The Morgan fingerprint density at radius 3 is 2.87 bits per heavy atom. The Kier molecular flexibility index (Phi) is 4.03.